The van der Waals surface area contributed by atoms with Gasteiger partial charge in [-0.05, 0) is 101 Å². The zero-order valence-corrected chi connectivity index (χ0v) is 45.9. The van der Waals surface area contributed by atoms with Crippen molar-refractivity contribution in [3.63, 3.8) is 0 Å². The van der Waals surface area contributed by atoms with Crippen LogP contribution >= 0.6 is 11.3 Å². The number of carbonyl (C=O) groups excluding carboxylic acids is 4. The quantitative estimate of drug-likeness (QED) is 0.0959. The molecule has 8 atom stereocenters. The molecule has 0 radical (unpaired) electrons. The van der Waals surface area contributed by atoms with Gasteiger partial charge in [0.25, 0.3) is 0 Å². The van der Waals surface area contributed by atoms with Crippen molar-refractivity contribution < 1.29 is 42.5 Å². The van der Waals surface area contributed by atoms with Crippen LogP contribution in [0.1, 0.15) is 134 Å². The molecule has 0 bridgehead atoms. The summed E-state index contributed by atoms with van der Waals surface area (Å²) >= 11 is 1.56. The van der Waals surface area contributed by atoms with Gasteiger partial charge in [0, 0.05) is 47.3 Å². The lowest BCUT2D eigenvalue weighted by Crippen LogP contribution is -2.56. The molecule has 4 amide bonds. The number of benzene rings is 2. The molecule has 0 spiro atoms. The van der Waals surface area contributed by atoms with Crippen LogP contribution in [-0.2, 0) is 29.2 Å². The van der Waals surface area contributed by atoms with E-state index in [0.29, 0.717) is 78.7 Å². The van der Waals surface area contributed by atoms with E-state index in [-0.39, 0.29) is 53.1 Å². The molecule has 6 aromatic rings. The number of carbonyl (C=O) groups is 4. The van der Waals surface area contributed by atoms with E-state index in [2.05, 4.69) is 54.4 Å². The number of halogens is 1. The lowest BCUT2D eigenvalue weighted by molar-refractivity contribution is -0.141. The summed E-state index contributed by atoms with van der Waals surface area (Å²) in [7, 11) is 2.57. The number of hydrogen-bond acceptors (Lipinski definition) is 12. The minimum Gasteiger partial charge on any atom is -0.464 e. The van der Waals surface area contributed by atoms with Crippen molar-refractivity contribution in [2.24, 2.45) is 17.8 Å². The third kappa shape index (κ3) is 9.82. The van der Waals surface area contributed by atoms with Gasteiger partial charge in [0.15, 0.2) is 0 Å². The fourth-order valence-corrected chi connectivity index (χ4v) is 12.6. The van der Waals surface area contributed by atoms with Gasteiger partial charge in [-0.2, -0.15) is 0 Å². The highest BCUT2D eigenvalue weighted by molar-refractivity contribution is 7.11. The molecule has 3 saturated heterocycles. The molecule has 404 valence electrons. The van der Waals surface area contributed by atoms with Crippen LogP contribution in [0, 0.1) is 23.6 Å². The minimum absolute atomic E-state index is 0.128. The molecule has 10 rings (SSSR count). The molecule has 0 aliphatic carbocycles. The van der Waals surface area contributed by atoms with E-state index in [1.807, 2.05) is 74.5 Å². The molecular formula is C56H69FN10O8S. The summed E-state index contributed by atoms with van der Waals surface area (Å²) in [6, 6.07) is 8.91. The van der Waals surface area contributed by atoms with Crippen molar-refractivity contribution in [3.05, 3.63) is 82.3 Å². The predicted molar refractivity (Wildman–Crippen MR) is 285 cm³/mol. The second-order valence-electron chi connectivity index (χ2n) is 22.9. The maximum Gasteiger partial charge on any atom is 0.407 e. The summed E-state index contributed by atoms with van der Waals surface area (Å²) in [6.07, 6.45) is 6.57. The first kappa shape index (κ1) is 52.6. The Morgan fingerprint density at radius 2 is 1.58 bits per heavy atom. The average molecular weight is 1060 g/mol. The SMILES string of the molecule is COC(=O)NC(C(=O)N1[C@H](C)C(C)C[C@H]1c1ncc(-c2ccc3c(c2)cc2n3C(c3cnc(C(C)(C)C)s3)Oc3cc(-c4cnc([C@@H]5CCCN5C(=O)[C@@H](NC(=O)OC)C(C)C)[nH]4)cc(F)c3-2)[nH]1)C1CCOC(C)(C)C1. The molecule has 76 heavy (non-hydrogen) atoms. The molecule has 20 heteroatoms. The van der Waals surface area contributed by atoms with E-state index in [1.54, 1.807) is 28.6 Å². The Kier molecular flexibility index (Phi) is 14.1. The van der Waals surface area contributed by atoms with Crippen LogP contribution in [0.5, 0.6) is 5.75 Å². The first-order chi connectivity index (χ1) is 36.1. The van der Waals surface area contributed by atoms with Crippen LogP contribution < -0.4 is 15.4 Å². The zero-order chi connectivity index (χ0) is 54.1. The van der Waals surface area contributed by atoms with Gasteiger partial charge >= 0.3 is 12.2 Å². The number of amides is 4. The predicted octanol–water partition coefficient (Wildman–Crippen LogP) is 10.2. The van der Waals surface area contributed by atoms with Gasteiger partial charge in [-0.25, -0.2) is 28.9 Å². The number of hydrogen-bond donors (Lipinski definition) is 4. The van der Waals surface area contributed by atoms with Crippen molar-refractivity contribution in [3.8, 4) is 39.5 Å². The summed E-state index contributed by atoms with van der Waals surface area (Å²) in [5, 5.41) is 7.37. The van der Waals surface area contributed by atoms with Crippen LogP contribution in [0.3, 0.4) is 0 Å². The first-order valence-electron chi connectivity index (χ1n) is 26.3. The standard InChI is InChI=1S/C56H69FN10O8S/c1-28(2)45(63-53(70)72-10)49(68)65-17-12-13-39(65)47-58-26-37(62-47)33-21-35(57)44-40-22-34-20-31(14-15-38(34)67(40)51(75-42(44)23-33)43-27-60-52(76-43)55(5,6)7)36-25-59-48(61-36)41-19-29(3)30(4)66(41)50(69)46(64-54(71)73-11)32-16-18-74-56(8,9)24-32/h14-15,20-23,25-30,32,39,41,45-46,51H,12-13,16-19,24H2,1-11H3,(H,58,62)(H,59,61)(H,63,70)(H,64,71)/t29?,30-,32?,39+,41+,45+,46?,51?/m1/s1. The Bertz CT molecular complexity index is 3190. The van der Waals surface area contributed by atoms with Crippen molar-refractivity contribution in [1.82, 2.24) is 49.9 Å². The third-order valence-electron chi connectivity index (χ3n) is 15.8. The number of ether oxygens (including phenoxy) is 4. The Balaban J connectivity index is 0.974. The monoisotopic (exact) mass is 1060 g/mol. The van der Waals surface area contributed by atoms with Gasteiger partial charge in [0.2, 0.25) is 18.0 Å². The number of H-pyrrole nitrogens is 2. The lowest BCUT2D eigenvalue weighted by Gasteiger charge is -2.41. The summed E-state index contributed by atoms with van der Waals surface area (Å²) in [5.41, 5.74) is 3.78. The highest BCUT2D eigenvalue weighted by Crippen LogP contribution is 2.49. The number of likely N-dealkylation sites (tertiary alicyclic amines) is 2. The van der Waals surface area contributed by atoms with Crippen molar-refractivity contribution in [2.45, 2.75) is 142 Å². The summed E-state index contributed by atoms with van der Waals surface area (Å²) in [6.45, 7) is 19.3. The van der Waals surface area contributed by atoms with E-state index >= 15 is 4.39 Å². The van der Waals surface area contributed by atoms with Gasteiger partial charge in [0.1, 0.15) is 35.3 Å². The number of aromatic nitrogens is 6. The molecule has 2 aromatic carbocycles. The summed E-state index contributed by atoms with van der Waals surface area (Å²) in [4.78, 5) is 79.5. The number of fused-ring (bicyclic) bond motifs is 5. The van der Waals surface area contributed by atoms with Crippen LogP contribution in [0.25, 0.3) is 44.7 Å². The van der Waals surface area contributed by atoms with Gasteiger partial charge in [0.05, 0.1) is 82.3 Å². The molecule has 4 N–H and O–H groups in total. The van der Waals surface area contributed by atoms with Crippen LogP contribution in [-0.4, -0.2) is 114 Å². The Labute approximate surface area is 445 Å². The van der Waals surface area contributed by atoms with E-state index < -0.39 is 41.9 Å². The van der Waals surface area contributed by atoms with Crippen LogP contribution in [0.4, 0.5) is 14.0 Å². The second-order valence-corrected chi connectivity index (χ2v) is 24.0. The highest BCUT2D eigenvalue weighted by Gasteiger charge is 2.47. The normalized spacial score (nSPS) is 23.0. The number of methoxy groups -OCH3 is 2. The Morgan fingerprint density at radius 1 is 0.882 bits per heavy atom. The van der Waals surface area contributed by atoms with Crippen molar-refractivity contribution >= 4 is 46.2 Å². The Morgan fingerprint density at radius 3 is 2.25 bits per heavy atom. The maximum absolute atomic E-state index is 17.1. The number of imidazole rings is 2. The van der Waals surface area contributed by atoms with E-state index in [0.717, 1.165) is 38.5 Å². The summed E-state index contributed by atoms with van der Waals surface area (Å²) in [5.74, 6) is 0.489. The number of nitrogens with zero attached hydrogens (tertiary/aromatic N) is 6. The molecule has 4 unspecified atom stereocenters. The fraction of sp³-hybridized carbons (Fsp3) is 0.518. The zero-order valence-electron chi connectivity index (χ0n) is 45.1. The van der Waals surface area contributed by atoms with Gasteiger partial charge < -0.3 is 49.3 Å². The maximum atomic E-state index is 17.1. The fourth-order valence-electron chi connectivity index (χ4n) is 11.6. The van der Waals surface area contributed by atoms with Crippen LogP contribution in [0.15, 0.2) is 55.0 Å². The first-order valence-corrected chi connectivity index (χ1v) is 27.1. The number of nitrogens with one attached hydrogen (secondary N) is 4. The Hall–Kier alpha value is -6.80. The van der Waals surface area contributed by atoms with Crippen molar-refractivity contribution in [1.29, 1.82) is 0 Å². The van der Waals surface area contributed by atoms with Crippen molar-refractivity contribution in [2.75, 3.05) is 27.4 Å². The molecule has 4 aliphatic rings. The molecule has 8 heterocycles. The molecule has 3 fully saturated rings. The van der Waals surface area contributed by atoms with Gasteiger partial charge in [-0.1, -0.05) is 47.6 Å². The van der Waals surface area contributed by atoms with E-state index in [9.17, 15) is 19.2 Å². The van der Waals surface area contributed by atoms with Gasteiger partial charge in [-0.15, -0.1) is 11.3 Å². The third-order valence-corrected chi connectivity index (χ3v) is 17.2. The average Bonchev–Trinajstić information content (AvgIpc) is 4.28. The highest BCUT2D eigenvalue weighted by atomic mass is 32.1. The number of thiazole rings is 1. The molecule has 18 nitrogen and oxygen atoms in total. The number of aromatic amines is 2. The van der Waals surface area contributed by atoms with Gasteiger partial charge in [-0.3, -0.25) is 14.2 Å². The molecule has 4 aromatic heterocycles. The number of alkyl carbamates (subject to hydrolysis) is 2. The number of rotatable bonds is 11. The molecule has 0 saturated carbocycles. The molecule has 4 aliphatic heterocycles. The van der Waals surface area contributed by atoms with E-state index in [1.165, 1.54) is 20.3 Å². The lowest BCUT2D eigenvalue weighted by atomic mass is 9.82. The summed E-state index contributed by atoms with van der Waals surface area (Å²) < 4.78 is 41.9. The topological polar surface area (TPSA) is 211 Å². The molecular weight excluding hydrogens is 992 g/mol. The minimum atomic E-state index is -0.809. The van der Waals surface area contributed by atoms with E-state index in [4.69, 9.17) is 33.9 Å². The largest absolute Gasteiger partial charge is 0.464 e. The smallest absolute Gasteiger partial charge is 0.407 e. The second kappa shape index (κ2) is 20.3. The van der Waals surface area contributed by atoms with Crippen LogP contribution in [0.2, 0.25) is 0 Å².